The van der Waals surface area contributed by atoms with Crippen molar-refractivity contribution in [3.63, 3.8) is 0 Å². The van der Waals surface area contributed by atoms with Gasteiger partial charge < -0.3 is 20.8 Å². The van der Waals surface area contributed by atoms with Gasteiger partial charge in [-0.2, -0.15) is 0 Å². The number of hydrogen-bond donors (Lipinski definition) is 4. The summed E-state index contributed by atoms with van der Waals surface area (Å²) in [5.41, 5.74) is 0. The van der Waals surface area contributed by atoms with Crippen LogP contribution in [0.15, 0.2) is 0 Å². The molecule has 0 aromatic heterocycles. The lowest BCUT2D eigenvalue weighted by atomic mass is 10.4. The molecule has 1 atom stereocenters. The first kappa shape index (κ1) is 9.84. The molecule has 0 rings (SSSR count). The van der Waals surface area contributed by atoms with E-state index in [1.165, 1.54) is 0 Å². The standard InChI is InChI=1S/C6H16N2O2/c1-7-2-3-8-4-6(10)5-9/h6-10H,2-5H2,1H3/t6-/m1/s1. The third kappa shape index (κ3) is 5.97. The molecule has 0 spiro atoms. The quantitative estimate of drug-likeness (QED) is 0.334. The van der Waals surface area contributed by atoms with Crippen molar-refractivity contribution >= 4 is 0 Å². The van der Waals surface area contributed by atoms with E-state index in [1.807, 2.05) is 7.05 Å². The van der Waals surface area contributed by atoms with E-state index < -0.39 is 6.10 Å². The molecule has 0 aromatic rings. The molecule has 0 radical (unpaired) electrons. The van der Waals surface area contributed by atoms with Crippen LogP contribution in [0.3, 0.4) is 0 Å². The van der Waals surface area contributed by atoms with Crippen molar-refractivity contribution in [2.24, 2.45) is 0 Å². The Kier molecular flexibility index (Phi) is 6.84. The molecule has 4 nitrogen and oxygen atoms in total. The molecule has 0 saturated carbocycles. The minimum atomic E-state index is -0.628. The van der Waals surface area contributed by atoms with Gasteiger partial charge in [0.25, 0.3) is 0 Å². The third-order valence-corrected chi connectivity index (χ3v) is 1.14. The molecule has 4 N–H and O–H groups in total. The maximum Gasteiger partial charge on any atom is 0.0894 e. The van der Waals surface area contributed by atoms with E-state index >= 15 is 0 Å². The molecule has 62 valence electrons. The molecule has 0 heterocycles. The van der Waals surface area contributed by atoms with Gasteiger partial charge in [-0.1, -0.05) is 0 Å². The maximum absolute atomic E-state index is 8.82. The van der Waals surface area contributed by atoms with Crippen LogP contribution in [0.1, 0.15) is 0 Å². The Balaban J connectivity index is 2.89. The van der Waals surface area contributed by atoms with Crippen LogP contribution in [-0.4, -0.2) is 49.6 Å². The molecular weight excluding hydrogens is 132 g/mol. The lowest BCUT2D eigenvalue weighted by Gasteiger charge is -2.07. The first-order valence-electron chi connectivity index (χ1n) is 3.45. The highest BCUT2D eigenvalue weighted by molar-refractivity contribution is 4.57. The second-order valence-electron chi connectivity index (χ2n) is 2.14. The summed E-state index contributed by atoms with van der Waals surface area (Å²) in [6, 6.07) is 0. The molecule has 0 aliphatic rings. The van der Waals surface area contributed by atoms with Gasteiger partial charge in [0.05, 0.1) is 12.7 Å². The Hall–Kier alpha value is -0.160. The van der Waals surface area contributed by atoms with Crippen LogP contribution < -0.4 is 10.6 Å². The summed E-state index contributed by atoms with van der Waals surface area (Å²) in [6.45, 7) is 1.97. The minimum absolute atomic E-state index is 0.174. The van der Waals surface area contributed by atoms with Crippen LogP contribution in [0.5, 0.6) is 0 Å². The average Bonchev–Trinajstić information content (AvgIpc) is 1.98. The number of rotatable bonds is 6. The predicted octanol–water partition coefficient (Wildman–Crippen LogP) is -1.85. The Labute approximate surface area is 61.3 Å². The van der Waals surface area contributed by atoms with Gasteiger partial charge >= 0.3 is 0 Å². The molecule has 0 fully saturated rings. The van der Waals surface area contributed by atoms with E-state index in [-0.39, 0.29) is 6.61 Å². The summed E-state index contributed by atoms with van der Waals surface area (Å²) < 4.78 is 0. The summed E-state index contributed by atoms with van der Waals surface area (Å²) in [6.07, 6.45) is -0.628. The number of aliphatic hydroxyl groups excluding tert-OH is 2. The normalized spacial score (nSPS) is 13.5. The zero-order valence-corrected chi connectivity index (χ0v) is 6.30. The third-order valence-electron chi connectivity index (χ3n) is 1.14. The Bertz CT molecular complexity index is 70.8. The number of aliphatic hydroxyl groups is 2. The molecule has 4 heteroatoms. The number of likely N-dealkylation sites (N-methyl/N-ethyl adjacent to an activating group) is 1. The van der Waals surface area contributed by atoms with Crippen LogP contribution in [0.4, 0.5) is 0 Å². The second-order valence-corrected chi connectivity index (χ2v) is 2.14. The lowest BCUT2D eigenvalue weighted by molar-refractivity contribution is 0.0947. The number of nitrogens with one attached hydrogen (secondary N) is 2. The monoisotopic (exact) mass is 148 g/mol. The summed E-state index contributed by atoms with van der Waals surface area (Å²) in [4.78, 5) is 0. The minimum Gasteiger partial charge on any atom is -0.394 e. The van der Waals surface area contributed by atoms with E-state index in [0.29, 0.717) is 6.54 Å². The van der Waals surface area contributed by atoms with Crippen molar-refractivity contribution in [2.45, 2.75) is 6.10 Å². The molecular formula is C6H16N2O2. The van der Waals surface area contributed by atoms with E-state index in [0.717, 1.165) is 13.1 Å². The number of hydrogen-bond acceptors (Lipinski definition) is 4. The van der Waals surface area contributed by atoms with Crippen molar-refractivity contribution in [2.75, 3.05) is 33.3 Å². The second kappa shape index (κ2) is 6.95. The van der Waals surface area contributed by atoms with Gasteiger partial charge in [-0.05, 0) is 7.05 Å². The molecule has 0 saturated heterocycles. The Morgan fingerprint density at radius 2 is 2.10 bits per heavy atom. The lowest BCUT2D eigenvalue weighted by Crippen LogP contribution is -2.33. The molecule has 0 unspecified atom stereocenters. The summed E-state index contributed by atoms with van der Waals surface area (Å²) in [7, 11) is 1.87. The van der Waals surface area contributed by atoms with Crippen molar-refractivity contribution in [3.8, 4) is 0 Å². The first-order chi connectivity index (χ1) is 4.81. The SMILES string of the molecule is CNCCNC[C@@H](O)CO. The van der Waals surface area contributed by atoms with E-state index in [9.17, 15) is 0 Å². The molecule has 0 aliphatic heterocycles. The van der Waals surface area contributed by atoms with Crippen LogP contribution in [0, 0.1) is 0 Å². The van der Waals surface area contributed by atoms with Crippen molar-refractivity contribution in [1.29, 1.82) is 0 Å². The van der Waals surface area contributed by atoms with Crippen LogP contribution in [0.25, 0.3) is 0 Å². The molecule has 0 aliphatic carbocycles. The maximum atomic E-state index is 8.82. The highest BCUT2D eigenvalue weighted by atomic mass is 16.3. The smallest absolute Gasteiger partial charge is 0.0894 e. The zero-order valence-electron chi connectivity index (χ0n) is 6.30. The van der Waals surface area contributed by atoms with Crippen molar-refractivity contribution in [3.05, 3.63) is 0 Å². The van der Waals surface area contributed by atoms with E-state index in [2.05, 4.69) is 10.6 Å². The van der Waals surface area contributed by atoms with Crippen LogP contribution in [0.2, 0.25) is 0 Å². The highest BCUT2D eigenvalue weighted by Gasteiger charge is 1.98. The van der Waals surface area contributed by atoms with E-state index in [4.69, 9.17) is 10.2 Å². The van der Waals surface area contributed by atoms with Gasteiger partial charge in [-0.25, -0.2) is 0 Å². The van der Waals surface area contributed by atoms with Gasteiger partial charge in [0.2, 0.25) is 0 Å². The van der Waals surface area contributed by atoms with E-state index in [1.54, 1.807) is 0 Å². The van der Waals surface area contributed by atoms with Gasteiger partial charge in [0.15, 0.2) is 0 Å². The Morgan fingerprint density at radius 3 is 2.60 bits per heavy atom. The van der Waals surface area contributed by atoms with Gasteiger partial charge in [-0.15, -0.1) is 0 Å². The Morgan fingerprint density at radius 1 is 1.40 bits per heavy atom. The largest absolute Gasteiger partial charge is 0.394 e. The van der Waals surface area contributed by atoms with Gasteiger partial charge in [0.1, 0.15) is 0 Å². The fourth-order valence-corrected chi connectivity index (χ4v) is 0.547. The van der Waals surface area contributed by atoms with Gasteiger partial charge in [-0.3, -0.25) is 0 Å². The highest BCUT2D eigenvalue weighted by Crippen LogP contribution is 1.74. The molecule has 0 aromatic carbocycles. The van der Waals surface area contributed by atoms with Crippen molar-refractivity contribution in [1.82, 2.24) is 10.6 Å². The van der Waals surface area contributed by atoms with Crippen molar-refractivity contribution < 1.29 is 10.2 Å². The first-order valence-corrected chi connectivity index (χ1v) is 3.45. The molecule has 10 heavy (non-hydrogen) atoms. The zero-order chi connectivity index (χ0) is 7.82. The summed E-state index contributed by atoms with van der Waals surface area (Å²) in [5, 5.41) is 23.1. The topological polar surface area (TPSA) is 64.5 Å². The molecule has 0 bridgehead atoms. The average molecular weight is 148 g/mol. The molecule has 0 amide bonds. The van der Waals surface area contributed by atoms with Crippen LogP contribution >= 0.6 is 0 Å². The fourth-order valence-electron chi connectivity index (χ4n) is 0.547. The fraction of sp³-hybridized carbons (Fsp3) is 1.00. The summed E-state index contributed by atoms with van der Waals surface area (Å²) >= 11 is 0. The summed E-state index contributed by atoms with van der Waals surface area (Å²) in [5.74, 6) is 0. The van der Waals surface area contributed by atoms with Crippen LogP contribution in [-0.2, 0) is 0 Å². The van der Waals surface area contributed by atoms with Gasteiger partial charge in [0, 0.05) is 19.6 Å². The predicted molar refractivity (Wildman–Crippen MR) is 39.9 cm³/mol.